The molecule has 1 N–H and O–H groups in total. The second-order valence-corrected chi connectivity index (χ2v) is 9.94. The van der Waals surface area contributed by atoms with Crippen molar-refractivity contribution in [2.24, 2.45) is 5.92 Å². The number of halogens is 4. The van der Waals surface area contributed by atoms with Crippen molar-refractivity contribution in [2.75, 3.05) is 12.4 Å². The fourth-order valence-electron chi connectivity index (χ4n) is 4.76. The number of fused-ring (bicyclic) bond motifs is 3. The van der Waals surface area contributed by atoms with E-state index < -0.39 is 0 Å². The van der Waals surface area contributed by atoms with Crippen molar-refractivity contribution >= 4 is 44.8 Å². The molecule has 33 heavy (non-hydrogen) atoms. The van der Waals surface area contributed by atoms with Gasteiger partial charge in [-0.15, -0.1) is 0 Å². The molecule has 7 heteroatoms. The second-order valence-electron chi connectivity index (χ2n) is 8.24. The molecule has 0 spiro atoms. The summed E-state index contributed by atoms with van der Waals surface area (Å²) in [5.74, 6) is 1.40. The Labute approximate surface area is 210 Å². The number of hydrogen-bond donors (Lipinski definition) is 1. The van der Waals surface area contributed by atoms with E-state index in [-0.39, 0.29) is 30.3 Å². The Morgan fingerprint density at radius 2 is 2.00 bits per heavy atom. The number of anilines is 1. The SMILES string of the molecule is COc1cc([C@@H]2Nc3c(F)cccc3[C@@H]3C=CC[C@@H]32)cc(Br)c1OCc1ccc(Cl)cc1Cl. The number of rotatable bonds is 5. The molecule has 1 heterocycles. The molecule has 170 valence electrons. The molecule has 0 aromatic heterocycles. The lowest BCUT2D eigenvalue weighted by Gasteiger charge is -2.38. The van der Waals surface area contributed by atoms with Crippen LogP contribution in [0.2, 0.25) is 10.0 Å². The number of nitrogens with one attached hydrogen (secondary N) is 1. The van der Waals surface area contributed by atoms with E-state index in [0.717, 1.165) is 27.6 Å². The smallest absolute Gasteiger partial charge is 0.175 e. The molecule has 0 radical (unpaired) electrons. The summed E-state index contributed by atoms with van der Waals surface area (Å²) < 4.78 is 27.2. The Morgan fingerprint density at radius 3 is 2.79 bits per heavy atom. The average Bonchev–Trinajstić information content (AvgIpc) is 3.29. The molecule has 0 fully saturated rings. The average molecular weight is 549 g/mol. The first-order valence-corrected chi connectivity index (χ1v) is 12.2. The van der Waals surface area contributed by atoms with Gasteiger partial charge in [-0.1, -0.05) is 53.6 Å². The summed E-state index contributed by atoms with van der Waals surface area (Å²) in [5, 5.41) is 4.58. The largest absolute Gasteiger partial charge is 0.493 e. The van der Waals surface area contributed by atoms with E-state index in [1.165, 1.54) is 6.07 Å². The number of ether oxygens (including phenoxy) is 2. The quantitative estimate of drug-likeness (QED) is 0.325. The van der Waals surface area contributed by atoms with E-state index in [1.807, 2.05) is 24.3 Å². The minimum absolute atomic E-state index is 0.0700. The van der Waals surface area contributed by atoms with Crippen LogP contribution in [0.1, 0.15) is 35.1 Å². The lowest BCUT2D eigenvalue weighted by Crippen LogP contribution is -2.29. The van der Waals surface area contributed by atoms with Gasteiger partial charge in [0.15, 0.2) is 11.5 Å². The number of para-hydroxylation sites is 1. The van der Waals surface area contributed by atoms with Gasteiger partial charge in [-0.3, -0.25) is 0 Å². The predicted octanol–water partition coefficient (Wildman–Crippen LogP) is 8.31. The molecule has 0 saturated carbocycles. The summed E-state index contributed by atoms with van der Waals surface area (Å²) in [7, 11) is 1.61. The molecular weight excluding hydrogens is 528 g/mol. The molecular formula is C26H21BrCl2FNO2. The highest BCUT2D eigenvalue weighted by Gasteiger charge is 2.39. The van der Waals surface area contributed by atoms with Crippen LogP contribution in [0.15, 0.2) is 65.2 Å². The summed E-state index contributed by atoms with van der Waals surface area (Å²) in [6.45, 7) is 0.263. The second kappa shape index (κ2) is 9.21. The van der Waals surface area contributed by atoms with E-state index in [9.17, 15) is 4.39 Å². The number of hydrogen-bond acceptors (Lipinski definition) is 3. The number of allylic oxidation sites excluding steroid dienone is 2. The van der Waals surface area contributed by atoms with Crippen molar-refractivity contribution in [3.63, 3.8) is 0 Å². The van der Waals surface area contributed by atoms with E-state index >= 15 is 0 Å². The monoisotopic (exact) mass is 547 g/mol. The molecule has 5 rings (SSSR count). The first-order chi connectivity index (χ1) is 16.0. The fraction of sp³-hybridized carbons (Fsp3) is 0.231. The Morgan fingerprint density at radius 1 is 1.15 bits per heavy atom. The zero-order valence-corrected chi connectivity index (χ0v) is 20.8. The van der Waals surface area contributed by atoms with Crippen molar-refractivity contribution < 1.29 is 13.9 Å². The third-order valence-corrected chi connectivity index (χ3v) is 7.52. The van der Waals surface area contributed by atoms with Crippen molar-refractivity contribution in [1.82, 2.24) is 0 Å². The van der Waals surface area contributed by atoms with Gasteiger partial charge in [-0.05, 0) is 69.7 Å². The normalized spacial score (nSPS) is 20.7. The van der Waals surface area contributed by atoms with E-state index in [4.69, 9.17) is 32.7 Å². The maximum Gasteiger partial charge on any atom is 0.175 e. The van der Waals surface area contributed by atoms with Crippen LogP contribution in [0.25, 0.3) is 0 Å². The van der Waals surface area contributed by atoms with Gasteiger partial charge in [0, 0.05) is 21.5 Å². The Balaban J connectivity index is 1.46. The highest BCUT2D eigenvalue weighted by Crippen LogP contribution is 2.51. The van der Waals surface area contributed by atoms with Crippen LogP contribution in [0.4, 0.5) is 10.1 Å². The standard InChI is InChI=1S/C26H21BrCl2FNO2/c1-32-23-11-15(10-20(27)26(23)33-13-14-8-9-16(28)12-21(14)29)24-18-5-2-4-17(18)19-6-3-7-22(30)25(19)31-24/h2-4,6-12,17-18,24,31H,5,13H2,1H3/t17-,18+,24+/m1/s1. The van der Waals surface area contributed by atoms with Crippen molar-refractivity contribution in [3.05, 3.63) is 97.7 Å². The van der Waals surface area contributed by atoms with Gasteiger partial charge >= 0.3 is 0 Å². The number of methoxy groups -OCH3 is 1. The first-order valence-electron chi connectivity index (χ1n) is 10.6. The zero-order chi connectivity index (χ0) is 23.1. The summed E-state index contributed by atoms with van der Waals surface area (Å²) in [6, 6.07) is 14.5. The van der Waals surface area contributed by atoms with E-state index in [0.29, 0.717) is 27.2 Å². The third-order valence-electron chi connectivity index (χ3n) is 6.34. The molecule has 1 aliphatic heterocycles. The van der Waals surface area contributed by atoms with Crippen LogP contribution in [-0.4, -0.2) is 7.11 Å². The van der Waals surface area contributed by atoms with Crippen LogP contribution in [0.5, 0.6) is 11.5 Å². The van der Waals surface area contributed by atoms with Gasteiger partial charge in [0.2, 0.25) is 0 Å². The molecule has 0 bridgehead atoms. The molecule has 3 nitrogen and oxygen atoms in total. The van der Waals surface area contributed by atoms with Crippen LogP contribution in [0.3, 0.4) is 0 Å². The molecule has 2 aliphatic rings. The summed E-state index contributed by atoms with van der Waals surface area (Å²) in [5.41, 5.74) is 3.40. The van der Waals surface area contributed by atoms with Gasteiger partial charge in [-0.2, -0.15) is 0 Å². The molecule has 3 aromatic carbocycles. The lowest BCUT2D eigenvalue weighted by molar-refractivity contribution is 0.282. The van der Waals surface area contributed by atoms with Crippen molar-refractivity contribution in [2.45, 2.75) is 25.0 Å². The molecule has 0 saturated heterocycles. The third kappa shape index (κ3) is 4.23. The molecule has 1 aliphatic carbocycles. The van der Waals surface area contributed by atoms with Crippen LogP contribution < -0.4 is 14.8 Å². The maximum atomic E-state index is 14.7. The molecule has 3 aromatic rings. The highest BCUT2D eigenvalue weighted by molar-refractivity contribution is 9.10. The molecule has 0 unspecified atom stereocenters. The lowest BCUT2D eigenvalue weighted by atomic mass is 9.77. The van der Waals surface area contributed by atoms with Crippen LogP contribution in [0, 0.1) is 11.7 Å². The Kier molecular flexibility index (Phi) is 6.30. The van der Waals surface area contributed by atoms with Crippen LogP contribution in [-0.2, 0) is 6.61 Å². The predicted molar refractivity (Wildman–Crippen MR) is 134 cm³/mol. The Bertz CT molecular complexity index is 1250. The number of benzene rings is 3. The Hall–Kier alpha value is -2.21. The van der Waals surface area contributed by atoms with Crippen molar-refractivity contribution in [3.8, 4) is 11.5 Å². The minimum Gasteiger partial charge on any atom is -0.493 e. The molecule has 3 atom stereocenters. The van der Waals surface area contributed by atoms with Gasteiger partial charge < -0.3 is 14.8 Å². The van der Waals surface area contributed by atoms with Gasteiger partial charge in [0.1, 0.15) is 12.4 Å². The summed E-state index contributed by atoms with van der Waals surface area (Å²) in [6.07, 6.45) is 5.30. The van der Waals surface area contributed by atoms with E-state index in [1.54, 1.807) is 25.3 Å². The highest BCUT2D eigenvalue weighted by atomic mass is 79.9. The minimum atomic E-state index is -0.234. The van der Waals surface area contributed by atoms with Gasteiger partial charge in [-0.25, -0.2) is 4.39 Å². The fourth-order valence-corrected chi connectivity index (χ4v) is 5.80. The summed E-state index contributed by atoms with van der Waals surface area (Å²) in [4.78, 5) is 0. The van der Waals surface area contributed by atoms with E-state index in [2.05, 4.69) is 33.4 Å². The maximum absolute atomic E-state index is 14.7. The van der Waals surface area contributed by atoms with Gasteiger partial charge in [0.05, 0.1) is 23.3 Å². The zero-order valence-electron chi connectivity index (χ0n) is 17.7. The van der Waals surface area contributed by atoms with Crippen LogP contribution >= 0.6 is 39.1 Å². The topological polar surface area (TPSA) is 30.5 Å². The molecule has 0 amide bonds. The summed E-state index contributed by atoms with van der Waals surface area (Å²) >= 11 is 15.9. The first kappa shape index (κ1) is 22.6. The van der Waals surface area contributed by atoms with Gasteiger partial charge in [0.25, 0.3) is 0 Å². The van der Waals surface area contributed by atoms with Crippen molar-refractivity contribution in [1.29, 1.82) is 0 Å².